The molecule has 3 heteroatoms. The molecule has 1 heterocycles. The van der Waals surface area contributed by atoms with E-state index in [1.807, 2.05) is 26.8 Å². The Balaban J connectivity index is 2.20. The zero-order chi connectivity index (χ0) is 15.0. The first-order valence-electron chi connectivity index (χ1n) is 7.29. The van der Waals surface area contributed by atoms with Crippen LogP contribution in [0.3, 0.4) is 0 Å². The molecule has 1 atom stereocenters. The van der Waals surface area contributed by atoms with E-state index < -0.39 is 11.2 Å². The molecule has 2 rings (SSSR count). The van der Waals surface area contributed by atoms with E-state index in [1.165, 1.54) is 5.56 Å². The van der Waals surface area contributed by atoms with Crippen LogP contribution in [0.1, 0.15) is 40.2 Å². The van der Waals surface area contributed by atoms with Crippen LogP contribution in [0.2, 0.25) is 0 Å². The molecule has 1 saturated heterocycles. The van der Waals surface area contributed by atoms with Gasteiger partial charge in [-0.1, -0.05) is 30.3 Å². The molecule has 1 aliphatic rings. The van der Waals surface area contributed by atoms with Crippen molar-refractivity contribution in [2.24, 2.45) is 0 Å². The third-order valence-electron chi connectivity index (χ3n) is 4.60. The Labute approximate surface area is 122 Å². The van der Waals surface area contributed by atoms with Crippen LogP contribution < -0.4 is 0 Å². The van der Waals surface area contributed by atoms with Crippen molar-refractivity contribution in [3.63, 3.8) is 0 Å². The van der Waals surface area contributed by atoms with Gasteiger partial charge in [-0.3, -0.25) is 4.90 Å². The van der Waals surface area contributed by atoms with Crippen molar-refractivity contribution in [1.82, 2.24) is 4.90 Å². The van der Waals surface area contributed by atoms with Crippen molar-refractivity contribution < 1.29 is 9.84 Å². The van der Waals surface area contributed by atoms with Gasteiger partial charge in [0.05, 0.1) is 12.2 Å². The molecule has 0 aromatic heterocycles. The van der Waals surface area contributed by atoms with Gasteiger partial charge in [-0.05, 0) is 40.2 Å². The maximum Gasteiger partial charge on any atom is 0.106 e. The minimum absolute atomic E-state index is 0.0272. The van der Waals surface area contributed by atoms with Gasteiger partial charge in [0.2, 0.25) is 0 Å². The molecular weight excluding hydrogens is 250 g/mol. The number of hydrogen-bond donors (Lipinski definition) is 1. The molecule has 1 unspecified atom stereocenters. The molecule has 1 aromatic rings. The highest BCUT2D eigenvalue weighted by atomic mass is 16.5. The van der Waals surface area contributed by atoms with E-state index in [2.05, 4.69) is 43.0 Å². The van der Waals surface area contributed by atoms with Crippen LogP contribution >= 0.6 is 0 Å². The molecule has 1 aromatic carbocycles. The number of hydrogen-bond acceptors (Lipinski definition) is 3. The minimum Gasteiger partial charge on any atom is -0.387 e. The summed E-state index contributed by atoms with van der Waals surface area (Å²) in [6.07, 6.45) is 0. The van der Waals surface area contributed by atoms with Crippen molar-refractivity contribution in [2.45, 2.75) is 57.9 Å². The van der Waals surface area contributed by atoms with Gasteiger partial charge in [0, 0.05) is 18.6 Å². The van der Waals surface area contributed by atoms with E-state index in [-0.39, 0.29) is 5.54 Å². The average molecular weight is 277 g/mol. The highest BCUT2D eigenvalue weighted by Crippen LogP contribution is 2.35. The average Bonchev–Trinajstić information content (AvgIpc) is 2.34. The zero-order valence-corrected chi connectivity index (χ0v) is 13.3. The summed E-state index contributed by atoms with van der Waals surface area (Å²) in [7, 11) is 0. The van der Waals surface area contributed by atoms with Crippen LogP contribution in [0.25, 0.3) is 0 Å². The third-order valence-corrected chi connectivity index (χ3v) is 4.60. The Kier molecular flexibility index (Phi) is 3.98. The Morgan fingerprint density at radius 2 is 1.80 bits per heavy atom. The third kappa shape index (κ3) is 3.05. The Morgan fingerprint density at radius 3 is 2.35 bits per heavy atom. The van der Waals surface area contributed by atoms with Crippen LogP contribution in [0, 0.1) is 0 Å². The molecule has 1 aliphatic heterocycles. The lowest BCUT2D eigenvalue weighted by Crippen LogP contribution is -2.66. The van der Waals surface area contributed by atoms with Crippen molar-refractivity contribution in [1.29, 1.82) is 0 Å². The zero-order valence-electron chi connectivity index (χ0n) is 13.3. The number of ether oxygens (including phenoxy) is 1. The first-order chi connectivity index (χ1) is 9.14. The fourth-order valence-electron chi connectivity index (χ4n) is 2.49. The summed E-state index contributed by atoms with van der Waals surface area (Å²) in [5, 5.41) is 10.4. The van der Waals surface area contributed by atoms with Crippen molar-refractivity contribution in [3.05, 3.63) is 35.9 Å². The van der Waals surface area contributed by atoms with Gasteiger partial charge in [-0.15, -0.1) is 0 Å². The molecule has 3 nitrogen and oxygen atoms in total. The Hall–Kier alpha value is -0.900. The molecule has 1 N–H and O–H groups in total. The molecule has 1 fully saturated rings. The quantitative estimate of drug-likeness (QED) is 0.922. The van der Waals surface area contributed by atoms with Gasteiger partial charge < -0.3 is 9.84 Å². The highest BCUT2D eigenvalue weighted by Gasteiger charge is 2.48. The normalized spacial score (nSPS) is 27.5. The summed E-state index contributed by atoms with van der Waals surface area (Å²) in [4.78, 5) is 2.41. The Morgan fingerprint density at radius 1 is 1.20 bits per heavy atom. The lowest BCUT2D eigenvalue weighted by Gasteiger charge is -2.53. The number of benzene rings is 1. The summed E-state index contributed by atoms with van der Waals surface area (Å²) in [5.41, 5.74) is -0.142. The van der Waals surface area contributed by atoms with Gasteiger partial charge in [0.25, 0.3) is 0 Å². The highest BCUT2D eigenvalue weighted by molar-refractivity contribution is 5.15. The number of aliphatic hydroxyl groups is 1. The van der Waals surface area contributed by atoms with Crippen LogP contribution in [-0.2, 0) is 11.3 Å². The lowest BCUT2D eigenvalue weighted by atomic mass is 9.83. The molecule has 0 radical (unpaired) electrons. The van der Waals surface area contributed by atoms with E-state index in [1.54, 1.807) is 0 Å². The van der Waals surface area contributed by atoms with Gasteiger partial charge in [-0.2, -0.15) is 0 Å². The minimum atomic E-state index is -0.863. The Bertz CT molecular complexity index is 450. The summed E-state index contributed by atoms with van der Waals surface area (Å²) < 4.78 is 6.02. The number of rotatable bonds is 3. The molecule has 20 heavy (non-hydrogen) atoms. The van der Waals surface area contributed by atoms with Crippen molar-refractivity contribution in [3.8, 4) is 0 Å². The lowest BCUT2D eigenvalue weighted by molar-refractivity contribution is -0.224. The molecule has 0 amide bonds. The van der Waals surface area contributed by atoms with E-state index in [4.69, 9.17) is 4.74 Å². The van der Waals surface area contributed by atoms with Crippen LogP contribution in [0.15, 0.2) is 30.3 Å². The molecule has 0 aliphatic carbocycles. The molecule has 0 spiro atoms. The fourth-order valence-corrected chi connectivity index (χ4v) is 2.49. The first kappa shape index (κ1) is 15.5. The summed E-state index contributed by atoms with van der Waals surface area (Å²) in [6, 6.07) is 10.5. The second-order valence-electron chi connectivity index (χ2n) is 7.23. The first-order valence-corrected chi connectivity index (χ1v) is 7.29. The van der Waals surface area contributed by atoms with Crippen LogP contribution in [0.5, 0.6) is 0 Å². The molecular formula is C17H27NO2. The summed E-state index contributed by atoms with van der Waals surface area (Å²) >= 11 is 0. The second-order valence-corrected chi connectivity index (χ2v) is 7.23. The van der Waals surface area contributed by atoms with E-state index >= 15 is 0 Å². The fraction of sp³-hybridized carbons (Fsp3) is 0.647. The standard InChI is InChI=1S/C17H27NO2/c1-15(2)13-20-17(5,16(3,4)19)12-18(15)11-14-9-7-6-8-10-14/h6-10,19H,11-13H2,1-5H3. The molecule has 112 valence electrons. The predicted octanol–water partition coefficient (Wildman–Crippen LogP) is 2.83. The second kappa shape index (κ2) is 5.14. The van der Waals surface area contributed by atoms with Gasteiger partial charge >= 0.3 is 0 Å². The van der Waals surface area contributed by atoms with E-state index in [9.17, 15) is 5.11 Å². The predicted molar refractivity (Wildman–Crippen MR) is 81.6 cm³/mol. The van der Waals surface area contributed by atoms with Crippen molar-refractivity contribution in [2.75, 3.05) is 13.2 Å². The van der Waals surface area contributed by atoms with Crippen LogP contribution in [0.4, 0.5) is 0 Å². The topological polar surface area (TPSA) is 32.7 Å². The largest absolute Gasteiger partial charge is 0.387 e. The maximum absolute atomic E-state index is 10.4. The molecule has 0 saturated carbocycles. The van der Waals surface area contributed by atoms with Crippen molar-refractivity contribution >= 4 is 0 Å². The number of morpholine rings is 1. The monoisotopic (exact) mass is 277 g/mol. The van der Waals surface area contributed by atoms with E-state index in [0.29, 0.717) is 6.61 Å². The van der Waals surface area contributed by atoms with Crippen LogP contribution in [-0.4, -0.2) is 39.9 Å². The maximum atomic E-state index is 10.4. The summed E-state index contributed by atoms with van der Waals surface area (Å²) in [5.74, 6) is 0. The smallest absolute Gasteiger partial charge is 0.106 e. The van der Waals surface area contributed by atoms with Gasteiger partial charge in [0.1, 0.15) is 5.60 Å². The number of nitrogens with zero attached hydrogens (tertiary/aromatic N) is 1. The summed E-state index contributed by atoms with van der Waals surface area (Å²) in [6.45, 7) is 12.3. The van der Waals surface area contributed by atoms with E-state index in [0.717, 1.165) is 13.1 Å². The molecule has 0 bridgehead atoms. The van der Waals surface area contributed by atoms with Gasteiger partial charge in [-0.25, -0.2) is 0 Å². The van der Waals surface area contributed by atoms with Gasteiger partial charge in [0.15, 0.2) is 0 Å². The SMILES string of the molecule is CC1(C)COC(C)(C(C)(C)O)CN1Cc1ccccc1.